The SMILES string of the molecule is COC(=O)CC(O)=C1C=CC=C1. The lowest BCUT2D eigenvalue weighted by molar-refractivity contribution is -0.140. The smallest absolute Gasteiger partial charge is 0.313 e. The molecule has 0 unspecified atom stereocenters. The van der Waals surface area contributed by atoms with Gasteiger partial charge in [0, 0.05) is 5.57 Å². The fraction of sp³-hybridized carbons (Fsp3) is 0.222. The van der Waals surface area contributed by atoms with E-state index in [1.54, 1.807) is 24.3 Å². The third-order valence-electron chi connectivity index (χ3n) is 1.54. The number of methoxy groups -OCH3 is 1. The van der Waals surface area contributed by atoms with Crippen LogP contribution in [0.5, 0.6) is 0 Å². The summed E-state index contributed by atoms with van der Waals surface area (Å²) in [6.07, 6.45) is 6.99. The van der Waals surface area contributed by atoms with Crippen LogP contribution >= 0.6 is 0 Å². The molecule has 0 fully saturated rings. The quantitative estimate of drug-likeness (QED) is 0.499. The molecular formula is C9H10O3. The van der Waals surface area contributed by atoms with Crippen molar-refractivity contribution < 1.29 is 14.6 Å². The summed E-state index contributed by atoms with van der Waals surface area (Å²) in [5.74, 6) is -0.388. The predicted octanol–water partition coefficient (Wildman–Crippen LogP) is 1.49. The van der Waals surface area contributed by atoms with Crippen LogP contribution in [0.2, 0.25) is 0 Å². The van der Waals surface area contributed by atoms with E-state index < -0.39 is 5.97 Å². The Morgan fingerprint density at radius 1 is 1.50 bits per heavy atom. The topological polar surface area (TPSA) is 46.5 Å². The van der Waals surface area contributed by atoms with Gasteiger partial charge in [0.05, 0.1) is 7.11 Å². The Hall–Kier alpha value is -1.51. The largest absolute Gasteiger partial charge is 0.511 e. The highest BCUT2D eigenvalue weighted by molar-refractivity contribution is 5.72. The first-order chi connectivity index (χ1) is 5.74. The first-order valence-electron chi connectivity index (χ1n) is 3.57. The van der Waals surface area contributed by atoms with Crippen LogP contribution in [-0.2, 0) is 9.53 Å². The van der Waals surface area contributed by atoms with Gasteiger partial charge in [-0.3, -0.25) is 4.79 Å². The molecule has 3 heteroatoms. The minimum absolute atomic E-state index is 0.0480. The van der Waals surface area contributed by atoms with Crippen molar-refractivity contribution in [2.24, 2.45) is 0 Å². The molecule has 0 aromatic heterocycles. The Labute approximate surface area is 70.7 Å². The molecule has 0 amide bonds. The molecule has 12 heavy (non-hydrogen) atoms. The number of carbonyl (C=O) groups excluding carboxylic acids is 1. The molecule has 0 heterocycles. The Morgan fingerprint density at radius 2 is 2.08 bits per heavy atom. The zero-order chi connectivity index (χ0) is 8.97. The highest BCUT2D eigenvalue weighted by Gasteiger charge is 2.07. The zero-order valence-corrected chi connectivity index (χ0v) is 6.78. The van der Waals surface area contributed by atoms with E-state index >= 15 is 0 Å². The minimum atomic E-state index is -0.436. The van der Waals surface area contributed by atoms with Crippen LogP contribution in [0.4, 0.5) is 0 Å². The van der Waals surface area contributed by atoms with Gasteiger partial charge in [-0.1, -0.05) is 24.3 Å². The maximum Gasteiger partial charge on any atom is 0.313 e. The number of allylic oxidation sites excluding steroid dienone is 5. The molecule has 64 valence electrons. The summed E-state index contributed by atoms with van der Waals surface area (Å²) in [5.41, 5.74) is 0.667. The van der Waals surface area contributed by atoms with Gasteiger partial charge in [-0.15, -0.1) is 0 Å². The van der Waals surface area contributed by atoms with Gasteiger partial charge in [0.1, 0.15) is 12.2 Å². The number of hydrogen-bond donors (Lipinski definition) is 1. The summed E-state index contributed by atoms with van der Waals surface area (Å²) in [6, 6.07) is 0. The average Bonchev–Trinajstić information content (AvgIpc) is 2.56. The molecule has 0 radical (unpaired) electrons. The maximum absolute atomic E-state index is 10.7. The molecule has 3 nitrogen and oxygen atoms in total. The molecule has 0 spiro atoms. The van der Waals surface area contributed by atoms with Crippen molar-refractivity contribution in [2.45, 2.75) is 6.42 Å². The van der Waals surface area contributed by atoms with Gasteiger partial charge < -0.3 is 9.84 Å². The van der Waals surface area contributed by atoms with Crippen molar-refractivity contribution in [3.8, 4) is 0 Å². The second-order valence-corrected chi connectivity index (χ2v) is 2.37. The van der Waals surface area contributed by atoms with Crippen molar-refractivity contribution in [1.82, 2.24) is 0 Å². The number of ether oxygens (including phenoxy) is 1. The van der Waals surface area contributed by atoms with E-state index in [0.717, 1.165) is 0 Å². The third-order valence-corrected chi connectivity index (χ3v) is 1.54. The Bertz CT molecular complexity index is 257. The summed E-state index contributed by atoms with van der Waals surface area (Å²) >= 11 is 0. The van der Waals surface area contributed by atoms with Gasteiger partial charge in [-0.05, 0) is 0 Å². The van der Waals surface area contributed by atoms with E-state index in [1.807, 2.05) is 0 Å². The van der Waals surface area contributed by atoms with Crippen LogP contribution in [-0.4, -0.2) is 18.2 Å². The highest BCUT2D eigenvalue weighted by Crippen LogP contribution is 2.13. The second kappa shape index (κ2) is 3.76. The van der Waals surface area contributed by atoms with E-state index in [9.17, 15) is 9.90 Å². The van der Waals surface area contributed by atoms with Crippen LogP contribution < -0.4 is 0 Å². The molecule has 1 aliphatic carbocycles. The Balaban J connectivity index is 2.64. The molecule has 1 aliphatic rings. The summed E-state index contributed by atoms with van der Waals surface area (Å²) < 4.78 is 4.40. The number of hydrogen-bond acceptors (Lipinski definition) is 3. The average molecular weight is 166 g/mol. The predicted molar refractivity (Wildman–Crippen MR) is 44.6 cm³/mol. The number of aliphatic hydroxyl groups excluding tert-OH is 1. The van der Waals surface area contributed by atoms with Crippen LogP contribution in [0.15, 0.2) is 35.6 Å². The van der Waals surface area contributed by atoms with Crippen molar-refractivity contribution in [3.05, 3.63) is 35.6 Å². The van der Waals surface area contributed by atoms with Gasteiger partial charge in [0.2, 0.25) is 0 Å². The van der Waals surface area contributed by atoms with E-state index in [1.165, 1.54) is 7.11 Å². The van der Waals surface area contributed by atoms with Gasteiger partial charge in [0.25, 0.3) is 0 Å². The lowest BCUT2D eigenvalue weighted by Gasteiger charge is -1.99. The van der Waals surface area contributed by atoms with E-state index in [4.69, 9.17) is 0 Å². The molecule has 0 atom stereocenters. The monoisotopic (exact) mass is 166 g/mol. The normalized spacial score (nSPS) is 13.6. The van der Waals surface area contributed by atoms with Gasteiger partial charge in [-0.2, -0.15) is 0 Å². The fourth-order valence-electron chi connectivity index (χ4n) is 0.877. The van der Waals surface area contributed by atoms with Crippen molar-refractivity contribution in [2.75, 3.05) is 7.11 Å². The zero-order valence-electron chi connectivity index (χ0n) is 6.78. The molecular weight excluding hydrogens is 156 g/mol. The highest BCUT2D eigenvalue weighted by atomic mass is 16.5. The second-order valence-electron chi connectivity index (χ2n) is 2.37. The minimum Gasteiger partial charge on any atom is -0.511 e. The molecule has 0 bridgehead atoms. The number of esters is 1. The van der Waals surface area contributed by atoms with Crippen LogP contribution in [0.1, 0.15) is 6.42 Å². The van der Waals surface area contributed by atoms with Crippen LogP contribution in [0.3, 0.4) is 0 Å². The summed E-state index contributed by atoms with van der Waals surface area (Å²) in [6.45, 7) is 0. The maximum atomic E-state index is 10.7. The van der Waals surface area contributed by atoms with Gasteiger partial charge in [-0.25, -0.2) is 0 Å². The van der Waals surface area contributed by atoms with Gasteiger partial charge in [0.15, 0.2) is 0 Å². The summed E-state index contributed by atoms with van der Waals surface area (Å²) in [7, 11) is 1.29. The van der Waals surface area contributed by atoms with E-state index in [0.29, 0.717) is 5.57 Å². The van der Waals surface area contributed by atoms with E-state index in [-0.39, 0.29) is 12.2 Å². The molecule has 0 aromatic carbocycles. The Morgan fingerprint density at radius 3 is 2.58 bits per heavy atom. The van der Waals surface area contributed by atoms with Crippen molar-refractivity contribution in [1.29, 1.82) is 0 Å². The van der Waals surface area contributed by atoms with E-state index in [2.05, 4.69) is 4.74 Å². The fourth-order valence-corrected chi connectivity index (χ4v) is 0.877. The lowest BCUT2D eigenvalue weighted by Crippen LogP contribution is -2.02. The first kappa shape index (κ1) is 8.59. The number of rotatable bonds is 2. The Kier molecular flexibility index (Phi) is 2.69. The van der Waals surface area contributed by atoms with Crippen molar-refractivity contribution >= 4 is 5.97 Å². The third kappa shape index (κ3) is 1.99. The molecule has 0 aromatic rings. The standard InChI is InChI=1S/C9H10O3/c1-12-9(11)6-8(10)7-4-2-3-5-7/h2-5,10H,6H2,1H3. The molecule has 0 saturated heterocycles. The molecule has 0 saturated carbocycles. The molecule has 1 N–H and O–H groups in total. The van der Waals surface area contributed by atoms with Gasteiger partial charge >= 0.3 is 5.97 Å². The summed E-state index contributed by atoms with van der Waals surface area (Å²) in [4.78, 5) is 10.7. The first-order valence-corrected chi connectivity index (χ1v) is 3.57. The number of carbonyl (C=O) groups is 1. The summed E-state index contributed by atoms with van der Waals surface area (Å²) in [5, 5.41) is 9.33. The lowest BCUT2D eigenvalue weighted by atomic mass is 10.2. The van der Waals surface area contributed by atoms with Crippen molar-refractivity contribution in [3.63, 3.8) is 0 Å². The van der Waals surface area contributed by atoms with Crippen LogP contribution in [0.25, 0.3) is 0 Å². The van der Waals surface area contributed by atoms with Crippen LogP contribution in [0, 0.1) is 0 Å². The molecule has 1 rings (SSSR count). The number of aliphatic hydroxyl groups is 1. The molecule has 0 aliphatic heterocycles.